The van der Waals surface area contributed by atoms with Crippen LogP contribution in [0.25, 0.3) is 0 Å². The van der Waals surface area contributed by atoms with Gasteiger partial charge in [0, 0.05) is 19.5 Å². The Kier molecular flexibility index (Phi) is 4.79. The quantitative estimate of drug-likeness (QED) is 0.740. The summed E-state index contributed by atoms with van der Waals surface area (Å²) in [6.45, 7) is 4.50. The fourth-order valence-corrected chi connectivity index (χ4v) is 1.41. The molecule has 0 amide bonds. The van der Waals surface area contributed by atoms with Crippen LogP contribution in [0.15, 0.2) is 24.3 Å². The van der Waals surface area contributed by atoms with E-state index in [2.05, 4.69) is 17.9 Å². The maximum Gasteiger partial charge on any atom is 0.123 e. The van der Waals surface area contributed by atoms with E-state index in [1.165, 1.54) is 12.1 Å². The second-order valence-electron chi connectivity index (χ2n) is 3.40. The molecule has 1 rings (SSSR count). The molecule has 3 heteroatoms. The first-order valence-electron chi connectivity index (χ1n) is 5.10. The van der Waals surface area contributed by atoms with Gasteiger partial charge in [-0.3, -0.25) is 4.90 Å². The summed E-state index contributed by atoms with van der Waals surface area (Å²) in [5.41, 5.74) is 1.08. The van der Waals surface area contributed by atoms with Crippen molar-refractivity contribution in [1.29, 1.82) is 5.26 Å². The van der Waals surface area contributed by atoms with E-state index in [4.69, 9.17) is 5.26 Å². The van der Waals surface area contributed by atoms with Crippen LogP contribution in [-0.2, 0) is 6.54 Å². The van der Waals surface area contributed by atoms with Crippen molar-refractivity contribution in [3.63, 3.8) is 0 Å². The van der Waals surface area contributed by atoms with Crippen molar-refractivity contribution in [2.75, 3.05) is 13.1 Å². The summed E-state index contributed by atoms with van der Waals surface area (Å²) in [7, 11) is 0. The smallest absolute Gasteiger partial charge is 0.123 e. The number of halogens is 1. The molecule has 0 N–H and O–H groups in total. The molecule has 1 aromatic carbocycles. The highest BCUT2D eigenvalue weighted by atomic mass is 19.1. The van der Waals surface area contributed by atoms with Crippen LogP contribution in [0, 0.1) is 17.1 Å². The molecule has 0 aliphatic heterocycles. The number of nitrogens with zero attached hydrogens (tertiary/aromatic N) is 2. The van der Waals surface area contributed by atoms with E-state index >= 15 is 0 Å². The standard InChI is InChI=1S/C12H15FN2/c1-2-15(9-3-8-14)10-11-4-6-12(13)7-5-11/h4-7H,2-3,9-10H2,1H3. The van der Waals surface area contributed by atoms with Gasteiger partial charge in [-0.2, -0.15) is 5.26 Å². The second kappa shape index (κ2) is 6.15. The highest BCUT2D eigenvalue weighted by molar-refractivity contribution is 5.15. The van der Waals surface area contributed by atoms with Crippen LogP contribution in [0.1, 0.15) is 18.9 Å². The van der Waals surface area contributed by atoms with E-state index in [9.17, 15) is 4.39 Å². The fourth-order valence-electron chi connectivity index (χ4n) is 1.41. The molecule has 0 aliphatic carbocycles. The Morgan fingerprint density at radius 2 is 2.00 bits per heavy atom. The lowest BCUT2D eigenvalue weighted by Crippen LogP contribution is -2.23. The Labute approximate surface area is 89.9 Å². The SMILES string of the molecule is CCN(CCC#N)Cc1ccc(F)cc1. The zero-order valence-electron chi connectivity index (χ0n) is 8.91. The van der Waals surface area contributed by atoms with Crippen LogP contribution in [0.5, 0.6) is 0 Å². The zero-order valence-corrected chi connectivity index (χ0v) is 8.91. The summed E-state index contributed by atoms with van der Waals surface area (Å²) in [4.78, 5) is 2.16. The summed E-state index contributed by atoms with van der Waals surface area (Å²) >= 11 is 0. The molecule has 1 aromatic rings. The minimum atomic E-state index is -0.209. The molecular weight excluding hydrogens is 191 g/mol. The van der Waals surface area contributed by atoms with Crippen LogP contribution in [0.3, 0.4) is 0 Å². The minimum absolute atomic E-state index is 0.209. The maximum absolute atomic E-state index is 12.7. The predicted octanol–water partition coefficient (Wildman–Crippen LogP) is 2.56. The van der Waals surface area contributed by atoms with Gasteiger partial charge in [-0.05, 0) is 24.2 Å². The van der Waals surface area contributed by atoms with Crippen molar-refractivity contribution in [2.24, 2.45) is 0 Å². The maximum atomic E-state index is 12.7. The van der Waals surface area contributed by atoms with Gasteiger partial charge in [-0.1, -0.05) is 19.1 Å². The summed E-state index contributed by atoms with van der Waals surface area (Å²) < 4.78 is 12.7. The molecule has 0 atom stereocenters. The van der Waals surface area contributed by atoms with Gasteiger partial charge in [0.2, 0.25) is 0 Å². The average Bonchev–Trinajstić information content (AvgIpc) is 2.27. The van der Waals surface area contributed by atoms with E-state index in [1.807, 2.05) is 0 Å². The van der Waals surface area contributed by atoms with Crippen LogP contribution in [-0.4, -0.2) is 18.0 Å². The lowest BCUT2D eigenvalue weighted by Gasteiger charge is -2.18. The lowest BCUT2D eigenvalue weighted by molar-refractivity contribution is 0.286. The van der Waals surface area contributed by atoms with Gasteiger partial charge in [-0.25, -0.2) is 4.39 Å². The molecule has 0 bridgehead atoms. The Morgan fingerprint density at radius 3 is 2.53 bits per heavy atom. The van der Waals surface area contributed by atoms with E-state index in [0.29, 0.717) is 6.42 Å². The lowest BCUT2D eigenvalue weighted by atomic mass is 10.2. The minimum Gasteiger partial charge on any atom is -0.298 e. The molecule has 0 aliphatic rings. The molecule has 0 saturated carbocycles. The fraction of sp³-hybridized carbons (Fsp3) is 0.417. The predicted molar refractivity (Wildman–Crippen MR) is 57.6 cm³/mol. The first-order valence-corrected chi connectivity index (χ1v) is 5.10. The summed E-state index contributed by atoms with van der Waals surface area (Å²) in [5.74, 6) is -0.209. The monoisotopic (exact) mass is 206 g/mol. The van der Waals surface area contributed by atoms with Gasteiger partial charge in [0.05, 0.1) is 6.07 Å². The van der Waals surface area contributed by atoms with E-state index in [-0.39, 0.29) is 5.82 Å². The average molecular weight is 206 g/mol. The molecule has 2 nitrogen and oxygen atoms in total. The molecule has 0 spiro atoms. The second-order valence-corrected chi connectivity index (χ2v) is 3.40. The first kappa shape index (κ1) is 11.7. The van der Waals surface area contributed by atoms with Gasteiger partial charge in [0.25, 0.3) is 0 Å². The Morgan fingerprint density at radius 1 is 1.33 bits per heavy atom. The molecule has 0 unspecified atom stereocenters. The third-order valence-corrected chi connectivity index (χ3v) is 2.31. The highest BCUT2D eigenvalue weighted by Gasteiger charge is 2.02. The summed E-state index contributed by atoms with van der Waals surface area (Å²) in [5, 5.41) is 8.49. The number of nitriles is 1. The highest BCUT2D eigenvalue weighted by Crippen LogP contribution is 2.06. The van der Waals surface area contributed by atoms with Gasteiger partial charge in [0.15, 0.2) is 0 Å². The van der Waals surface area contributed by atoms with E-state index < -0.39 is 0 Å². The molecule has 0 fully saturated rings. The van der Waals surface area contributed by atoms with Crippen LogP contribution in [0.4, 0.5) is 4.39 Å². The molecule has 0 saturated heterocycles. The molecular formula is C12H15FN2. The topological polar surface area (TPSA) is 27.0 Å². The third-order valence-electron chi connectivity index (χ3n) is 2.31. The Balaban J connectivity index is 2.51. The first-order chi connectivity index (χ1) is 7.26. The van der Waals surface area contributed by atoms with Crippen molar-refractivity contribution in [1.82, 2.24) is 4.90 Å². The van der Waals surface area contributed by atoms with Crippen molar-refractivity contribution < 1.29 is 4.39 Å². The molecule has 0 radical (unpaired) electrons. The van der Waals surface area contributed by atoms with Gasteiger partial charge in [0.1, 0.15) is 5.82 Å². The van der Waals surface area contributed by atoms with Crippen LogP contribution >= 0.6 is 0 Å². The van der Waals surface area contributed by atoms with Crippen LogP contribution < -0.4 is 0 Å². The van der Waals surface area contributed by atoms with Crippen molar-refractivity contribution in [2.45, 2.75) is 19.9 Å². The van der Waals surface area contributed by atoms with Gasteiger partial charge in [-0.15, -0.1) is 0 Å². The molecule has 0 heterocycles. The molecule has 80 valence electrons. The largest absolute Gasteiger partial charge is 0.298 e. The third kappa shape index (κ3) is 4.09. The van der Waals surface area contributed by atoms with Crippen molar-refractivity contribution in [3.8, 4) is 6.07 Å². The Bertz CT molecular complexity index is 326. The molecule has 15 heavy (non-hydrogen) atoms. The number of benzene rings is 1. The number of hydrogen-bond acceptors (Lipinski definition) is 2. The van der Waals surface area contributed by atoms with Gasteiger partial charge >= 0.3 is 0 Å². The Hall–Kier alpha value is -1.40. The summed E-state index contributed by atoms with van der Waals surface area (Å²) in [6.07, 6.45) is 0.537. The summed E-state index contributed by atoms with van der Waals surface area (Å²) in [6, 6.07) is 8.62. The van der Waals surface area contributed by atoms with E-state index in [0.717, 1.165) is 25.2 Å². The number of rotatable bonds is 5. The zero-order chi connectivity index (χ0) is 11.1. The van der Waals surface area contributed by atoms with Crippen LogP contribution in [0.2, 0.25) is 0 Å². The van der Waals surface area contributed by atoms with E-state index in [1.54, 1.807) is 12.1 Å². The number of hydrogen-bond donors (Lipinski definition) is 0. The van der Waals surface area contributed by atoms with Crippen molar-refractivity contribution in [3.05, 3.63) is 35.6 Å². The normalized spacial score (nSPS) is 10.3. The van der Waals surface area contributed by atoms with Gasteiger partial charge < -0.3 is 0 Å². The van der Waals surface area contributed by atoms with Crippen molar-refractivity contribution >= 4 is 0 Å². The molecule has 0 aromatic heterocycles.